The van der Waals surface area contributed by atoms with Crippen LogP contribution in [0.5, 0.6) is 0 Å². The van der Waals surface area contributed by atoms with Crippen molar-refractivity contribution in [2.45, 2.75) is 30.8 Å². The molecule has 1 unspecified atom stereocenters. The third-order valence-corrected chi connectivity index (χ3v) is 5.27. The largest absolute Gasteiger partial charge is 0.377 e. The summed E-state index contributed by atoms with van der Waals surface area (Å²) < 4.78 is 57.9. The second-order valence-electron chi connectivity index (χ2n) is 4.67. The van der Waals surface area contributed by atoms with Crippen LogP contribution in [-0.4, -0.2) is 38.5 Å². The molecule has 20 heavy (non-hydrogen) atoms. The lowest BCUT2D eigenvalue weighted by atomic mass is 10.2. The van der Waals surface area contributed by atoms with Gasteiger partial charge in [0.25, 0.3) is 0 Å². The van der Waals surface area contributed by atoms with Crippen LogP contribution in [0.15, 0.2) is 23.1 Å². The van der Waals surface area contributed by atoms with Crippen LogP contribution < -0.4 is 0 Å². The van der Waals surface area contributed by atoms with Gasteiger partial charge < -0.3 is 4.74 Å². The van der Waals surface area contributed by atoms with Crippen LogP contribution in [0.4, 0.5) is 8.78 Å². The average molecular weight is 305 g/mol. The second-order valence-corrected chi connectivity index (χ2v) is 6.57. The smallest absolute Gasteiger partial charge is 0.246 e. The van der Waals surface area contributed by atoms with Crippen LogP contribution in [0.2, 0.25) is 0 Å². The number of sulfonamides is 1. The summed E-state index contributed by atoms with van der Waals surface area (Å²) in [5.74, 6) is -1.88. The quantitative estimate of drug-likeness (QED) is 0.837. The summed E-state index contributed by atoms with van der Waals surface area (Å²) in [5, 5.41) is 0. The van der Waals surface area contributed by atoms with E-state index in [1.807, 2.05) is 0 Å². The van der Waals surface area contributed by atoms with Gasteiger partial charge in [-0.15, -0.1) is 0 Å². The molecular weight excluding hydrogens is 288 g/mol. The van der Waals surface area contributed by atoms with E-state index < -0.39 is 26.6 Å². The number of hydrogen-bond donors (Lipinski definition) is 0. The SMILES string of the molecule is CCN(CC1CCCO1)S(=O)(=O)c1ccc(F)cc1F. The number of halogens is 2. The van der Waals surface area contributed by atoms with Gasteiger partial charge >= 0.3 is 0 Å². The zero-order valence-electron chi connectivity index (χ0n) is 11.2. The van der Waals surface area contributed by atoms with Gasteiger partial charge in [-0.2, -0.15) is 4.31 Å². The monoisotopic (exact) mass is 305 g/mol. The Morgan fingerprint density at radius 3 is 2.70 bits per heavy atom. The maximum Gasteiger partial charge on any atom is 0.246 e. The maximum absolute atomic E-state index is 13.7. The van der Waals surface area contributed by atoms with Crippen LogP contribution in [0.1, 0.15) is 19.8 Å². The van der Waals surface area contributed by atoms with E-state index in [9.17, 15) is 17.2 Å². The van der Waals surface area contributed by atoms with Gasteiger partial charge in [-0.05, 0) is 25.0 Å². The first-order chi connectivity index (χ1) is 9.45. The van der Waals surface area contributed by atoms with Gasteiger partial charge in [-0.1, -0.05) is 6.92 Å². The fourth-order valence-electron chi connectivity index (χ4n) is 2.24. The molecule has 1 fully saturated rings. The van der Waals surface area contributed by atoms with Crippen molar-refractivity contribution in [3.05, 3.63) is 29.8 Å². The molecule has 1 heterocycles. The molecule has 4 nitrogen and oxygen atoms in total. The Balaban J connectivity index is 2.26. The molecule has 112 valence electrons. The van der Waals surface area contributed by atoms with E-state index in [0.717, 1.165) is 25.0 Å². The predicted octanol–water partition coefficient (Wildman–Crippen LogP) is 2.15. The van der Waals surface area contributed by atoms with Crippen LogP contribution in [-0.2, 0) is 14.8 Å². The highest BCUT2D eigenvalue weighted by Gasteiger charge is 2.30. The van der Waals surface area contributed by atoms with Gasteiger partial charge in [0.2, 0.25) is 10.0 Å². The lowest BCUT2D eigenvalue weighted by molar-refractivity contribution is 0.0946. The molecule has 7 heteroatoms. The van der Waals surface area contributed by atoms with Crippen LogP contribution in [0.25, 0.3) is 0 Å². The summed E-state index contributed by atoms with van der Waals surface area (Å²) in [7, 11) is -3.97. The van der Waals surface area contributed by atoms with E-state index in [0.29, 0.717) is 12.7 Å². The summed E-state index contributed by atoms with van der Waals surface area (Å²) in [6, 6.07) is 2.47. The summed E-state index contributed by atoms with van der Waals surface area (Å²) in [4.78, 5) is -0.501. The molecule has 0 bridgehead atoms. The topological polar surface area (TPSA) is 46.6 Å². The van der Waals surface area contributed by atoms with Gasteiger partial charge in [-0.3, -0.25) is 0 Å². The number of likely N-dealkylation sites (N-methyl/N-ethyl adjacent to an activating group) is 1. The van der Waals surface area contributed by atoms with Gasteiger partial charge in [0.1, 0.15) is 16.5 Å². The molecule has 1 aliphatic rings. The van der Waals surface area contributed by atoms with Gasteiger partial charge in [-0.25, -0.2) is 17.2 Å². The maximum atomic E-state index is 13.7. The van der Waals surface area contributed by atoms with Gasteiger partial charge in [0, 0.05) is 25.8 Å². The van der Waals surface area contributed by atoms with Crippen LogP contribution in [0.3, 0.4) is 0 Å². The third kappa shape index (κ3) is 3.16. The van der Waals surface area contributed by atoms with Crippen molar-refractivity contribution in [1.82, 2.24) is 4.31 Å². The lowest BCUT2D eigenvalue weighted by Crippen LogP contribution is -2.37. The minimum Gasteiger partial charge on any atom is -0.377 e. The Morgan fingerprint density at radius 2 is 2.15 bits per heavy atom. The number of hydrogen-bond acceptors (Lipinski definition) is 3. The van der Waals surface area contributed by atoms with Crippen molar-refractivity contribution in [2.75, 3.05) is 19.7 Å². The molecule has 0 radical (unpaired) electrons. The molecule has 0 spiro atoms. The molecule has 0 N–H and O–H groups in total. The van der Waals surface area contributed by atoms with Crippen molar-refractivity contribution in [3.8, 4) is 0 Å². The van der Waals surface area contributed by atoms with Crippen molar-refractivity contribution in [3.63, 3.8) is 0 Å². The van der Waals surface area contributed by atoms with Gasteiger partial charge in [0.15, 0.2) is 0 Å². The number of rotatable bonds is 5. The predicted molar refractivity (Wildman–Crippen MR) is 69.8 cm³/mol. The number of nitrogens with zero attached hydrogens (tertiary/aromatic N) is 1. The van der Waals surface area contributed by atoms with E-state index in [1.54, 1.807) is 6.92 Å². The Hall–Kier alpha value is -1.05. The van der Waals surface area contributed by atoms with E-state index in [2.05, 4.69) is 0 Å². The fourth-order valence-corrected chi connectivity index (χ4v) is 3.76. The minimum absolute atomic E-state index is 0.159. The van der Waals surface area contributed by atoms with Crippen molar-refractivity contribution >= 4 is 10.0 Å². The van der Waals surface area contributed by atoms with Gasteiger partial charge in [0.05, 0.1) is 6.10 Å². The fraction of sp³-hybridized carbons (Fsp3) is 0.538. The first-order valence-electron chi connectivity index (χ1n) is 6.52. The van der Waals surface area contributed by atoms with Crippen molar-refractivity contribution < 1.29 is 21.9 Å². The van der Waals surface area contributed by atoms with E-state index in [-0.39, 0.29) is 19.2 Å². The molecule has 0 amide bonds. The minimum atomic E-state index is -3.97. The standard InChI is InChI=1S/C13H17F2NO3S/c1-2-16(9-11-4-3-7-19-11)20(17,18)13-6-5-10(14)8-12(13)15/h5-6,8,11H,2-4,7,9H2,1H3. The zero-order chi connectivity index (χ0) is 14.8. The summed E-state index contributed by atoms with van der Waals surface area (Å²) in [6.45, 7) is 2.69. The molecular formula is C13H17F2NO3S. The molecule has 2 rings (SSSR count). The Bertz CT molecular complexity index is 571. The molecule has 0 aromatic heterocycles. The molecule has 1 saturated heterocycles. The highest BCUT2D eigenvalue weighted by atomic mass is 32.2. The highest BCUT2D eigenvalue weighted by Crippen LogP contribution is 2.22. The van der Waals surface area contributed by atoms with Crippen molar-refractivity contribution in [1.29, 1.82) is 0 Å². The average Bonchev–Trinajstić information content (AvgIpc) is 2.88. The Morgan fingerprint density at radius 1 is 1.40 bits per heavy atom. The number of benzene rings is 1. The first kappa shape index (κ1) is 15.3. The third-order valence-electron chi connectivity index (χ3n) is 3.30. The highest BCUT2D eigenvalue weighted by molar-refractivity contribution is 7.89. The van der Waals surface area contributed by atoms with E-state index in [1.165, 1.54) is 4.31 Å². The summed E-state index contributed by atoms with van der Waals surface area (Å²) >= 11 is 0. The molecule has 1 aliphatic heterocycles. The Kier molecular flexibility index (Phi) is 4.72. The zero-order valence-corrected chi connectivity index (χ0v) is 12.0. The Labute approximate surface area is 117 Å². The van der Waals surface area contributed by atoms with Crippen LogP contribution >= 0.6 is 0 Å². The molecule has 0 saturated carbocycles. The van der Waals surface area contributed by atoms with Crippen LogP contribution in [0, 0.1) is 11.6 Å². The van der Waals surface area contributed by atoms with E-state index in [4.69, 9.17) is 4.74 Å². The molecule has 1 aromatic carbocycles. The molecule has 1 atom stereocenters. The second kappa shape index (κ2) is 6.15. The molecule has 1 aromatic rings. The lowest BCUT2D eigenvalue weighted by Gasteiger charge is -2.23. The normalized spacial score (nSPS) is 19.7. The number of ether oxygens (including phenoxy) is 1. The first-order valence-corrected chi connectivity index (χ1v) is 7.96. The summed E-state index contributed by atoms with van der Waals surface area (Å²) in [5.41, 5.74) is 0. The van der Waals surface area contributed by atoms with Crippen molar-refractivity contribution in [2.24, 2.45) is 0 Å². The molecule has 0 aliphatic carbocycles. The van der Waals surface area contributed by atoms with E-state index >= 15 is 0 Å². The summed E-state index contributed by atoms with van der Waals surface area (Å²) in [6.07, 6.45) is 1.53.